The molecule has 2 aromatic rings. The third-order valence-electron chi connectivity index (χ3n) is 2.24. The standard InChI is InChI=1S/C13H10BrNO/c1-9-6-11(8-15-7-9)13(16)10-2-4-12(14)5-3-10/h2-8H,1H3. The SMILES string of the molecule is Cc1cncc(C(=O)c2ccc(Br)cc2)c1. The lowest BCUT2D eigenvalue weighted by atomic mass is 10.0. The second-order valence-corrected chi connectivity index (χ2v) is 4.50. The van der Waals surface area contributed by atoms with Gasteiger partial charge in [-0.25, -0.2) is 0 Å². The first kappa shape index (κ1) is 11.0. The number of hydrogen-bond donors (Lipinski definition) is 0. The van der Waals surface area contributed by atoms with Crippen molar-refractivity contribution in [3.05, 3.63) is 63.9 Å². The quantitative estimate of drug-likeness (QED) is 0.787. The van der Waals surface area contributed by atoms with E-state index in [4.69, 9.17) is 0 Å². The van der Waals surface area contributed by atoms with Gasteiger partial charge in [-0.1, -0.05) is 15.9 Å². The van der Waals surface area contributed by atoms with Gasteiger partial charge in [0.1, 0.15) is 0 Å². The van der Waals surface area contributed by atoms with Crippen molar-refractivity contribution in [3.8, 4) is 0 Å². The second-order valence-electron chi connectivity index (χ2n) is 3.59. The maximum Gasteiger partial charge on any atom is 0.194 e. The van der Waals surface area contributed by atoms with Crippen molar-refractivity contribution in [3.63, 3.8) is 0 Å². The Balaban J connectivity index is 2.35. The van der Waals surface area contributed by atoms with Crippen LogP contribution < -0.4 is 0 Å². The van der Waals surface area contributed by atoms with Crippen LogP contribution in [-0.4, -0.2) is 10.8 Å². The molecule has 0 spiro atoms. The summed E-state index contributed by atoms with van der Waals surface area (Å²) in [5.74, 6) is 0.00343. The average Bonchev–Trinajstić information content (AvgIpc) is 2.29. The number of halogens is 1. The summed E-state index contributed by atoms with van der Waals surface area (Å²) in [5.41, 5.74) is 2.29. The van der Waals surface area contributed by atoms with Crippen molar-refractivity contribution in [2.75, 3.05) is 0 Å². The van der Waals surface area contributed by atoms with E-state index in [1.165, 1.54) is 0 Å². The lowest BCUT2D eigenvalue weighted by Crippen LogP contribution is -2.01. The van der Waals surface area contributed by atoms with Crippen molar-refractivity contribution in [1.82, 2.24) is 4.98 Å². The van der Waals surface area contributed by atoms with Crippen LogP contribution in [0.4, 0.5) is 0 Å². The molecule has 1 aromatic carbocycles. The van der Waals surface area contributed by atoms with Gasteiger partial charge in [-0.15, -0.1) is 0 Å². The largest absolute Gasteiger partial charge is 0.289 e. The molecule has 0 N–H and O–H groups in total. The van der Waals surface area contributed by atoms with Crippen LogP contribution in [0, 0.1) is 6.92 Å². The van der Waals surface area contributed by atoms with Crippen LogP contribution in [0.25, 0.3) is 0 Å². The highest BCUT2D eigenvalue weighted by molar-refractivity contribution is 9.10. The first-order chi connectivity index (χ1) is 7.66. The van der Waals surface area contributed by atoms with Crippen LogP contribution in [0.5, 0.6) is 0 Å². The van der Waals surface area contributed by atoms with Gasteiger partial charge in [-0.05, 0) is 42.8 Å². The van der Waals surface area contributed by atoms with E-state index >= 15 is 0 Å². The molecule has 2 rings (SSSR count). The maximum absolute atomic E-state index is 12.1. The number of hydrogen-bond acceptors (Lipinski definition) is 2. The molecule has 0 unspecified atom stereocenters. The predicted octanol–water partition coefficient (Wildman–Crippen LogP) is 3.38. The molecule has 80 valence electrons. The van der Waals surface area contributed by atoms with Gasteiger partial charge in [0.2, 0.25) is 0 Å². The Bertz CT molecular complexity index is 520. The first-order valence-corrected chi connectivity index (χ1v) is 5.68. The molecule has 16 heavy (non-hydrogen) atoms. The number of rotatable bonds is 2. The summed E-state index contributed by atoms with van der Waals surface area (Å²) in [6, 6.07) is 9.16. The molecule has 0 saturated heterocycles. The number of benzene rings is 1. The van der Waals surface area contributed by atoms with E-state index in [0.29, 0.717) is 11.1 Å². The molecule has 1 aromatic heterocycles. The minimum atomic E-state index is 0.00343. The third-order valence-corrected chi connectivity index (χ3v) is 2.77. The van der Waals surface area contributed by atoms with Crippen molar-refractivity contribution in [1.29, 1.82) is 0 Å². The molecule has 0 radical (unpaired) electrons. The fourth-order valence-electron chi connectivity index (χ4n) is 1.45. The summed E-state index contributed by atoms with van der Waals surface area (Å²) >= 11 is 3.34. The lowest BCUT2D eigenvalue weighted by Gasteiger charge is -2.01. The Morgan fingerprint density at radius 2 is 1.81 bits per heavy atom. The number of carbonyl (C=O) groups is 1. The van der Waals surface area contributed by atoms with Crippen LogP contribution in [0.3, 0.4) is 0 Å². The fourth-order valence-corrected chi connectivity index (χ4v) is 1.71. The highest BCUT2D eigenvalue weighted by Crippen LogP contribution is 2.14. The summed E-state index contributed by atoms with van der Waals surface area (Å²) < 4.78 is 0.964. The van der Waals surface area contributed by atoms with Crippen LogP contribution >= 0.6 is 15.9 Å². The van der Waals surface area contributed by atoms with Crippen molar-refractivity contribution in [2.45, 2.75) is 6.92 Å². The van der Waals surface area contributed by atoms with Crippen molar-refractivity contribution in [2.24, 2.45) is 0 Å². The number of pyridine rings is 1. The summed E-state index contributed by atoms with van der Waals surface area (Å²) in [7, 11) is 0. The molecule has 0 aliphatic rings. The van der Waals surface area contributed by atoms with E-state index < -0.39 is 0 Å². The molecular formula is C13H10BrNO. The van der Waals surface area contributed by atoms with E-state index in [0.717, 1.165) is 10.0 Å². The summed E-state index contributed by atoms with van der Waals surface area (Å²) in [4.78, 5) is 16.1. The molecule has 0 aliphatic heterocycles. The third kappa shape index (κ3) is 2.36. The zero-order valence-corrected chi connectivity index (χ0v) is 10.4. The van der Waals surface area contributed by atoms with Gasteiger partial charge < -0.3 is 0 Å². The Kier molecular flexibility index (Phi) is 3.15. The Hall–Kier alpha value is -1.48. The van der Waals surface area contributed by atoms with Crippen LogP contribution in [-0.2, 0) is 0 Å². The van der Waals surface area contributed by atoms with Gasteiger partial charge >= 0.3 is 0 Å². The van der Waals surface area contributed by atoms with Crippen molar-refractivity contribution < 1.29 is 4.79 Å². The van der Waals surface area contributed by atoms with Gasteiger partial charge in [-0.2, -0.15) is 0 Å². The van der Waals surface area contributed by atoms with Crippen molar-refractivity contribution >= 4 is 21.7 Å². The zero-order chi connectivity index (χ0) is 11.5. The van der Waals surface area contributed by atoms with Crippen LogP contribution in [0.1, 0.15) is 21.5 Å². The monoisotopic (exact) mass is 275 g/mol. The summed E-state index contributed by atoms with van der Waals surface area (Å²) in [6.07, 6.45) is 3.33. The Labute approximate surface area is 102 Å². The lowest BCUT2D eigenvalue weighted by molar-refractivity contribution is 0.103. The number of ketones is 1. The minimum absolute atomic E-state index is 0.00343. The summed E-state index contributed by atoms with van der Waals surface area (Å²) in [6.45, 7) is 1.92. The maximum atomic E-state index is 12.1. The smallest absolute Gasteiger partial charge is 0.194 e. The van der Waals surface area contributed by atoms with Gasteiger partial charge in [0.05, 0.1) is 0 Å². The van der Waals surface area contributed by atoms with Gasteiger partial charge in [0.15, 0.2) is 5.78 Å². The molecule has 0 atom stereocenters. The predicted molar refractivity (Wildman–Crippen MR) is 66.5 cm³/mol. The number of carbonyl (C=O) groups excluding carboxylic acids is 1. The number of aromatic nitrogens is 1. The molecular weight excluding hydrogens is 266 g/mol. The molecule has 0 saturated carbocycles. The molecule has 3 heteroatoms. The second kappa shape index (κ2) is 4.58. The Morgan fingerprint density at radius 3 is 2.44 bits per heavy atom. The van der Waals surface area contributed by atoms with Crippen LogP contribution in [0.15, 0.2) is 47.2 Å². The van der Waals surface area contributed by atoms with E-state index in [1.807, 2.05) is 25.1 Å². The van der Waals surface area contributed by atoms with E-state index in [9.17, 15) is 4.79 Å². The first-order valence-electron chi connectivity index (χ1n) is 4.89. The molecule has 1 heterocycles. The van der Waals surface area contributed by atoms with Gasteiger partial charge in [0.25, 0.3) is 0 Å². The normalized spacial score (nSPS) is 10.1. The summed E-state index contributed by atoms with van der Waals surface area (Å²) in [5, 5.41) is 0. The van der Waals surface area contributed by atoms with Gasteiger partial charge in [0, 0.05) is 28.0 Å². The highest BCUT2D eigenvalue weighted by atomic mass is 79.9. The van der Waals surface area contributed by atoms with Crippen LogP contribution in [0.2, 0.25) is 0 Å². The Morgan fingerprint density at radius 1 is 1.12 bits per heavy atom. The molecule has 2 nitrogen and oxygen atoms in total. The highest BCUT2D eigenvalue weighted by Gasteiger charge is 2.08. The number of aryl methyl sites for hydroxylation is 1. The topological polar surface area (TPSA) is 30.0 Å². The molecule has 0 fully saturated rings. The number of nitrogens with zero attached hydrogens (tertiary/aromatic N) is 1. The van der Waals surface area contributed by atoms with E-state index in [1.54, 1.807) is 24.5 Å². The fraction of sp³-hybridized carbons (Fsp3) is 0.0769. The zero-order valence-electron chi connectivity index (χ0n) is 8.77. The average molecular weight is 276 g/mol. The molecule has 0 bridgehead atoms. The van der Waals surface area contributed by atoms with E-state index in [-0.39, 0.29) is 5.78 Å². The van der Waals surface area contributed by atoms with Gasteiger partial charge in [-0.3, -0.25) is 9.78 Å². The minimum Gasteiger partial charge on any atom is -0.289 e. The molecule has 0 amide bonds. The molecule has 0 aliphatic carbocycles. The van der Waals surface area contributed by atoms with E-state index in [2.05, 4.69) is 20.9 Å².